The Labute approximate surface area is 162 Å². The van der Waals surface area contributed by atoms with Crippen molar-refractivity contribution in [3.8, 4) is 5.75 Å². The second-order valence-corrected chi connectivity index (χ2v) is 7.94. The number of benzene rings is 1. The highest BCUT2D eigenvalue weighted by Crippen LogP contribution is 2.33. The van der Waals surface area contributed by atoms with Crippen molar-refractivity contribution in [1.29, 1.82) is 0 Å². The molecule has 0 aromatic heterocycles. The molecule has 1 N–H and O–H groups in total. The van der Waals surface area contributed by atoms with Gasteiger partial charge in [-0.05, 0) is 31.0 Å². The van der Waals surface area contributed by atoms with E-state index in [0.29, 0.717) is 11.0 Å². The molecule has 1 aromatic rings. The number of halogens is 2. The lowest BCUT2D eigenvalue weighted by Crippen LogP contribution is -2.60. The third kappa shape index (κ3) is 4.96. The molecule has 26 heavy (non-hydrogen) atoms. The molecule has 1 amide bonds. The van der Waals surface area contributed by atoms with Crippen molar-refractivity contribution in [3.05, 3.63) is 28.5 Å². The van der Waals surface area contributed by atoms with Gasteiger partial charge in [0.15, 0.2) is 18.2 Å². The summed E-state index contributed by atoms with van der Waals surface area (Å²) in [7, 11) is 0. The molecule has 5 nitrogen and oxygen atoms in total. The van der Waals surface area contributed by atoms with Crippen molar-refractivity contribution in [3.63, 3.8) is 0 Å². The van der Waals surface area contributed by atoms with E-state index in [1.807, 2.05) is 0 Å². The summed E-state index contributed by atoms with van der Waals surface area (Å²) in [6.45, 7) is 3.76. The van der Waals surface area contributed by atoms with Crippen LogP contribution in [0.25, 0.3) is 0 Å². The molecule has 0 unspecified atom stereocenters. The number of nitrogens with one attached hydrogen (secondary N) is 1. The van der Waals surface area contributed by atoms with Gasteiger partial charge in [0.2, 0.25) is 0 Å². The molecule has 1 saturated carbocycles. The Kier molecular flexibility index (Phi) is 6.89. The van der Waals surface area contributed by atoms with Gasteiger partial charge in [0, 0.05) is 29.6 Å². The molecule has 1 aromatic carbocycles. The molecule has 3 rings (SSSR count). The Bertz CT molecular complexity index is 617. The van der Waals surface area contributed by atoms with Crippen LogP contribution in [0.1, 0.15) is 32.1 Å². The van der Waals surface area contributed by atoms with E-state index in [2.05, 4.69) is 26.1 Å². The van der Waals surface area contributed by atoms with Crippen molar-refractivity contribution in [2.24, 2.45) is 0 Å². The highest BCUT2D eigenvalue weighted by molar-refractivity contribution is 9.10. The maximum atomic E-state index is 13.8. The second kappa shape index (κ2) is 9.15. The maximum Gasteiger partial charge on any atom is 0.258 e. The Morgan fingerprint density at radius 1 is 1.27 bits per heavy atom. The van der Waals surface area contributed by atoms with Crippen LogP contribution in [0.3, 0.4) is 0 Å². The number of hydrogen-bond donors (Lipinski definition) is 1. The van der Waals surface area contributed by atoms with Gasteiger partial charge in [0.05, 0.1) is 13.2 Å². The molecule has 1 aliphatic heterocycles. The largest absolute Gasteiger partial charge is 0.481 e. The van der Waals surface area contributed by atoms with Gasteiger partial charge >= 0.3 is 0 Å². The zero-order valence-electron chi connectivity index (χ0n) is 14.9. The first-order valence-corrected chi connectivity index (χ1v) is 10.1. The third-order valence-electron chi connectivity index (χ3n) is 5.33. The van der Waals surface area contributed by atoms with Gasteiger partial charge in [-0.15, -0.1) is 0 Å². The Morgan fingerprint density at radius 3 is 2.69 bits per heavy atom. The van der Waals surface area contributed by atoms with E-state index in [9.17, 15) is 9.18 Å². The number of amides is 1. The van der Waals surface area contributed by atoms with Gasteiger partial charge in [-0.2, -0.15) is 0 Å². The summed E-state index contributed by atoms with van der Waals surface area (Å²) >= 11 is 3.20. The van der Waals surface area contributed by atoms with Gasteiger partial charge in [-0.3, -0.25) is 9.69 Å². The molecule has 1 aliphatic carbocycles. The van der Waals surface area contributed by atoms with Crippen LogP contribution in [0.4, 0.5) is 4.39 Å². The normalized spacial score (nSPS) is 20.5. The molecule has 7 heteroatoms. The summed E-state index contributed by atoms with van der Waals surface area (Å²) in [4.78, 5) is 14.7. The summed E-state index contributed by atoms with van der Waals surface area (Å²) in [6, 6.07) is 4.53. The number of nitrogens with zero attached hydrogens (tertiary/aromatic N) is 1. The number of carbonyl (C=O) groups excluding carboxylic acids is 1. The van der Waals surface area contributed by atoms with Crippen LogP contribution >= 0.6 is 15.9 Å². The Balaban J connectivity index is 1.53. The number of rotatable bonds is 6. The van der Waals surface area contributed by atoms with Crippen molar-refractivity contribution in [2.75, 3.05) is 39.5 Å². The van der Waals surface area contributed by atoms with Crippen molar-refractivity contribution in [1.82, 2.24) is 10.2 Å². The summed E-state index contributed by atoms with van der Waals surface area (Å²) in [5.41, 5.74) is 0.0144. The Hall–Kier alpha value is -1.18. The van der Waals surface area contributed by atoms with Gasteiger partial charge in [-0.25, -0.2) is 4.39 Å². The highest BCUT2D eigenvalue weighted by atomic mass is 79.9. The minimum Gasteiger partial charge on any atom is -0.481 e. The smallest absolute Gasteiger partial charge is 0.258 e. The fourth-order valence-corrected chi connectivity index (χ4v) is 4.24. The zero-order valence-corrected chi connectivity index (χ0v) is 16.5. The molecule has 2 aliphatic rings. The molecule has 144 valence electrons. The van der Waals surface area contributed by atoms with Crippen molar-refractivity contribution in [2.45, 2.75) is 37.6 Å². The Morgan fingerprint density at radius 2 is 2.00 bits per heavy atom. The molecule has 1 saturated heterocycles. The summed E-state index contributed by atoms with van der Waals surface area (Å²) in [5.74, 6) is -0.612. The van der Waals surface area contributed by atoms with Gasteiger partial charge in [-0.1, -0.05) is 35.2 Å². The number of morpholine rings is 1. The lowest BCUT2D eigenvalue weighted by molar-refractivity contribution is -0.124. The lowest BCUT2D eigenvalue weighted by atomic mass is 9.79. The third-order valence-corrected chi connectivity index (χ3v) is 5.83. The minimum absolute atomic E-state index is 0.0144. The van der Waals surface area contributed by atoms with Crippen molar-refractivity contribution >= 4 is 21.8 Å². The maximum absolute atomic E-state index is 13.8. The fourth-order valence-electron chi connectivity index (χ4n) is 3.90. The molecular weight excluding hydrogens is 403 g/mol. The van der Waals surface area contributed by atoms with Crippen LogP contribution in [-0.2, 0) is 9.53 Å². The van der Waals surface area contributed by atoms with E-state index in [1.165, 1.54) is 31.4 Å². The first kappa shape index (κ1) is 19.6. The zero-order chi connectivity index (χ0) is 18.4. The highest BCUT2D eigenvalue weighted by Gasteiger charge is 2.38. The first-order valence-electron chi connectivity index (χ1n) is 9.26. The molecule has 2 fully saturated rings. The SMILES string of the molecule is O=C(COc1ccc(Br)cc1F)NCC1(N2CCOCC2)CCCCC1. The standard InChI is InChI=1S/C19H26BrFN2O3/c20-15-4-5-17(16(21)12-15)26-13-18(24)22-14-19(6-2-1-3-7-19)23-8-10-25-11-9-23/h4-5,12H,1-3,6-11,13-14H2,(H,22,24). The van der Waals surface area contributed by atoms with E-state index < -0.39 is 5.82 Å². The second-order valence-electron chi connectivity index (χ2n) is 7.02. The molecule has 0 spiro atoms. The molecular formula is C19H26BrFN2O3. The van der Waals surface area contributed by atoms with E-state index in [4.69, 9.17) is 9.47 Å². The molecule has 1 heterocycles. The van der Waals surface area contributed by atoms with Gasteiger partial charge in [0.1, 0.15) is 0 Å². The average molecular weight is 429 g/mol. The quantitative estimate of drug-likeness (QED) is 0.755. The monoisotopic (exact) mass is 428 g/mol. The number of carbonyl (C=O) groups is 1. The van der Waals surface area contributed by atoms with E-state index >= 15 is 0 Å². The number of hydrogen-bond acceptors (Lipinski definition) is 4. The topological polar surface area (TPSA) is 50.8 Å². The predicted molar refractivity (Wildman–Crippen MR) is 101 cm³/mol. The van der Waals surface area contributed by atoms with Crippen LogP contribution in [0, 0.1) is 5.82 Å². The molecule has 0 bridgehead atoms. The van der Waals surface area contributed by atoms with Crippen molar-refractivity contribution < 1.29 is 18.7 Å². The van der Waals surface area contributed by atoms with Crippen LogP contribution in [0.15, 0.2) is 22.7 Å². The van der Waals surface area contributed by atoms with Gasteiger partial charge < -0.3 is 14.8 Å². The van der Waals surface area contributed by atoms with E-state index in [1.54, 1.807) is 6.07 Å². The van der Waals surface area contributed by atoms with Crippen LogP contribution in [0.2, 0.25) is 0 Å². The molecule has 0 atom stereocenters. The van der Waals surface area contributed by atoms with Crippen LogP contribution in [0.5, 0.6) is 5.75 Å². The molecule has 0 radical (unpaired) electrons. The van der Waals surface area contributed by atoms with E-state index in [0.717, 1.165) is 39.1 Å². The summed E-state index contributed by atoms with van der Waals surface area (Å²) in [5, 5.41) is 3.01. The van der Waals surface area contributed by atoms with Crippen LogP contribution in [-0.4, -0.2) is 55.8 Å². The number of ether oxygens (including phenoxy) is 2. The van der Waals surface area contributed by atoms with E-state index in [-0.39, 0.29) is 23.8 Å². The minimum atomic E-state index is -0.482. The predicted octanol–water partition coefficient (Wildman–Crippen LogP) is 3.12. The fraction of sp³-hybridized carbons (Fsp3) is 0.632. The average Bonchev–Trinajstić information content (AvgIpc) is 2.67. The first-order chi connectivity index (χ1) is 12.6. The lowest BCUT2D eigenvalue weighted by Gasteiger charge is -2.48. The van der Waals surface area contributed by atoms with Gasteiger partial charge in [0.25, 0.3) is 5.91 Å². The summed E-state index contributed by atoms with van der Waals surface area (Å²) < 4.78 is 25.2. The van der Waals surface area contributed by atoms with Crippen LogP contribution < -0.4 is 10.1 Å². The summed E-state index contributed by atoms with van der Waals surface area (Å²) in [6.07, 6.45) is 5.82.